The highest BCUT2D eigenvalue weighted by atomic mass is 32.1. The number of phenolic OH excluding ortho intramolecular Hbond substituents is 1. The summed E-state index contributed by atoms with van der Waals surface area (Å²) < 4.78 is 5.72. The van der Waals surface area contributed by atoms with Gasteiger partial charge in [-0.2, -0.15) is 0 Å². The summed E-state index contributed by atoms with van der Waals surface area (Å²) in [6.07, 6.45) is 0.681. The fourth-order valence-corrected chi connectivity index (χ4v) is 3.31. The van der Waals surface area contributed by atoms with Crippen molar-refractivity contribution in [1.82, 2.24) is 4.98 Å². The van der Waals surface area contributed by atoms with Gasteiger partial charge >= 0.3 is 0 Å². The molecule has 0 aliphatic carbocycles. The van der Waals surface area contributed by atoms with E-state index in [1.807, 2.05) is 13.8 Å². The molecule has 126 valence electrons. The van der Waals surface area contributed by atoms with Gasteiger partial charge in [0.05, 0.1) is 17.7 Å². The van der Waals surface area contributed by atoms with Gasteiger partial charge in [0.25, 0.3) is 5.91 Å². The molecule has 1 aliphatic rings. The average Bonchev–Trinajstić information content (AvgIpc) is 3.01. The number of nitrogens with zero attached hydrogens (tertiary/aromatic N) is 1. The van der Waals surface area contributed by atoms with E-state index >= 15 is 0 Å². The van der Waals surface area contributed by atoms with Crippen molar-refractivity contribution in [3.05, 3.63) is 34.3 Å². The maximum Gasteiger partial charge on any atom is 0.261 e. The number of nitrogens with two attached hydrogens (primary N) is 1. The van der Waals surface area contributed by atoms with Crippen LogP contribution < -0.4 is 15.8 Å². The van der Waals surface area contributed by atoms with E-state index < -0.39 is 17.4 Å². The Bertz CT molecular complexity index is 829. The number of hydrogen-bond donors (Lipinski definition) is 3. The maximum atomic E-state index is 12.4. The molecule has 8 heteroatoms. The number of aromatic hydroxyl groups is 1. The zero-order chi connectivity index (χ0) is 17.5. The molecule has 0 saturated heterocycles. The third kappa shape index (κ3) is 3.18. The summed E-state index contributed by atoms with van der Waals surface area (Å²) in [5.41, 5.74) is 6.17. The van der Waals surface area contributed by atoms with E-state index in [0.717, 1.165) is 5.56 Å². The number of carbonyl (C=O) groups is 2. The van der Waals surface area contributed by atoms with Crippen LogP contribution in [-0.4, -0.2) is 27.5 Å². The van der Waals surface area contributed by atoms with Gasteiger partial charge in [0.15, 0.2) is 16.6 Å². The van der Waals surface area contributed by atoms with Crippen LogP contribution in [0.4, 0.5) is 5.13 Å². The van der Waals surface area contributed by atoms with Crippen molar-refractivity contribution in [1.29, 1.82) is 0 Å². The van der Waals surface area contributed by atoms with Crippen LogP contribution >= 0.6 is 11.3 Å². The van der Waals surface area contributed by atoms with E-state index in [-0.39, 0.29) is 17.7 Å². The lowest BCUT2D eigenvalue weighted by molar-refractivity contribution is -0.117. The van der Waals surface area contributed by atoms with Gasteiger partial charge in [-0.05, 0) is 19.9 Å². The lowest BCUT2D eigenvalue weighted by atomic mass is 10.0. The van der Waals surface area contributed by atoms with Crippen LogP contribution in [0.25, 0.3) is 0 Å². The topological polar surface area (TPSA) is 115 Å². The molecule has 4 N–H and O–H groups in total. The highest BCUT2D eigenvalue weighted by molar-refractivity contribution is 7.14. The number of amides is 2. The minimum absolute atomic E-state index is 0.0133. The first kappa shape index (κ1) is 16.3. The summed E-state index contributed by atoms with van der Waals surface area (Å²) in [7, 11) is 0. The Morgan fingerprint density at radius 2 is 2.21 bits per heavy atom. The predicted octanol–water partition coefficient (Wildman–Crippen LogP) is 1.84. The van der Waals surface area contributed by atoms with Gasteiger partial charge in [0.1, 0.15) is 5.60 Å². The molecular weight excluding hydrogens is 330 g/mol. The minimum Gasteiger partial charge on any atom is -0.504 e. The fraction of sp³-hybridized carbons (Fsp3) is 0.312. The Kier molecular flexibility index (Phi) is 3.92. The fourth-order valence-electron chi connectivity index (χ4n) is 2.61. The number of aromatic nitrogens is 1. The van der Waals surface area contributed by atoms with Crippen molar-refractivity contribution in [2.24, 2.45) is 5.73 Å². The van der Waals surface area contributed by atoms with Gasteiger partial charge < -0.3 is 15.6 Å². The zero-order valence-electron chi connectivity index (χ0n) is 13.3. The Labute approximate surface area is 142 Å². The second kappa shape index (κ2) is 5.79. The predicted molar refractivity (Wildman–Crippen MR) is 89.5 cm³/mol. The number of primary amides is 1. The van der Waals surface area contributed by atoms with E-state index in [0.29, 0.717) is 23.0 Å². The first-order valence-corrected chi connectivity index (χ1v) is 8.21. The number of anilines is 1. The Balaban J connectivity index is 1.79. The molecule has 0 fully saturated rings. The van der Waals surface area contributed by atoms with Crippen LogP contribution in [0.15, 0.2) is 17.5 Å². The number of thiazole rings is 1. The van der Waals surface area contributed by atoms with Gasteiger partial charge in [0.2, 0.25) is 5.91 Å². The van der Waals surface area contributed by atoms with Crippen LogP contribution in [0.2, 0.25) is 0 Å². The first-order chi connectivity index (χ1) is 11.2. The third-order valence-electron chi connectivity index (χ3n) is 3.58. The lowest BCUT2D eigenvalue weighted by Crippen LogP contribution is -2.24. The van der Waals surface area contributed by atoms with Crippen LogP contribution in [-0.2, 0) is 17.6 Å². The number of rotatable bonds is 4. The average molecular weight is 347 g/mol. The van der Waals surface area contributed by atoms with Gasteiger partial charge in [0, 0.05) is 17.4 Å². The second-order valence-electron chi connectivity index (χ2n) is 6.23. The van der Waals surface area contributed by atoms with E-state index in [1.54, 1.807) is 17.5 Å². The van der Waals surface area contributed by atoms with Crippen LogP contribution in [0, 0.1) is 0 Å². The van der Waals surface area contributed by atoms with E-state index in [4.69, 9.17) is 10.5 Å². The van der Waals surface area contributed by atoms with E-state index in [9.17, 15) is 14.7 Å². The molecule has 24 heavy (non-hydrogen) atoms. The van der Waals surface area contributed by atoms with Gasteiger partial charge in [-0.25, -0.2) is 4.98 Å². The van der Waals surface area contributed by atoms with Gasteiger partial charge in [-0.15, -0.1) is 11.3 Å². The van der Waals surface area contributed by atoms with Crippen LogP contribution in [0.3, 0.4) is 0 Å². The summed E-state index contributed by atoms with van der Waals surface area (Å²) in [4.78, 5) is 27.4. The van der Waals surface area contributed by atoms with Crippen molar-refractivity contribution >= 4 is 28.3 Å². The van der Waals surface area contributed by atoms with Crippen LogP contribution in [0.5, 0.6) is 11.5 Å². The Morgan fingerprint density at radius 1 is 1.46 bits per heavy atom. The zero-order valence-corrected chi connectivity index (χ0v) is 14.1. The number of ether oxygens (including phenoxy) is 1. The van der Waals surface area contributed by atoms with Crippen molar-refractivity contribution in [2.75, 3.05) is 5.32 Å². The quantitative estimate of drug-likeness (QED) is 0.781. The van der Waals surface area contributed by atoms with E-state index in [2.05, 4.69) is 10.3 Å². The van der Waals surface area contributed by atoms with Crippen molar-refractivity contribution in [3.63, 3.8) is 0 Å². The molecule has 0 saturated carbocycles. The monoisotopic (exact) mass is 347 g/mol. The largest absolute Gasteiger partial charge is 0.504 e. The van der Waals surface area contributed by atoms with E-state index in [1.165, 1.54) is 11.3 Å². The molecule has 0 radical (unpaired) electrons. The number of benzene rings is 1. The van der Waals surface area contributed by atoms with Crippen LogP contribution in [0.1, 0.15) is 35.5 Å². The first-order valence-electron chi connectivity index (χ1n) is 7.33. The maximum absolute atomic E-state index is 12.4. The summed E-state index contributed by atoms with van der Waals surface area (Å²) in [6.45, 7) is 3.84. The molecule has 2 heterocycles. The number of carbonyl (C=O) groups excluding carboxylic acids is 2. The summed E-state index contributed by atoms with van der Waals surface area (Å²) in [5.74, 6) is -0.816. The molecule has 1 aromatic carbocycles. The Morgan fingerprint density at radius 3 is 2.92 bits per heavy atom. The normalized spacial score (nSPS) is 14.8. The van der Waals surface area contributed by atoms with Crippen molar-refractivity contribution in [3.8, 4) is 11.5 Å². The molecular formula is C16H17N3O4S. The molecule has 0 unspecified atom stereocenters. The highest BCUT2D eigenvalue weighted by Crippen LogP contribution is 2.43. The van der Waals surface area contributed by atoms with Gasteiger partial charge in [-0.3, -0.25) is 14.9 Å². The van der Waals surface area contributed by atoms with Gasteiger partial charge in [-0.1, -0.05) is 6.07 Å². The highest BCUT2D eigenvalue weighted by Gasteiger charge is 2.33. The standard InChI is InChI=1S/C16H17N3O4S/c1-16(2)6-8-3-4-10(12(21)13(8)23-16)14(22)19-15-18-9(7-24-15)5-11(17)20/h3-4,7,21H,5-6H2,1-2H3,(H2,17,20)(H,18,19,22). The lowest BCUT2D eigenvalue weighted by Gasteiger charge is -2.17. The summed E-state index contributed by atoms with van der Waals surface area (Å²) in [5, 5.41) is 14.9. The Hall–Kier alpha value is -2.61. The molecule has 2 amide bonds. The second-order valence-corrected chi connectivity index (χ2v) is 7.09. The molecule has 0 bridgehead atoms. The smallest absolute Gasteiger partial charge is 0.261 e. The molecule has 2 aromatic rings. The van der Waals surface area contributed by atoms with Crippen molar-refractivity contribution in [2.45, 2.75) is 32.3 Å². The minimum atomic E-state index is -0.497. The number of fused-ring (bicyclic) bond motifs is 1. The number of nitrogens with one attached hydrogen (secondary N) is 1. The molecule has 1 aliphatic heterocycles. The summed E-state index contributed by atoms with van der Waals surface area (Å²) >= 11 is 1.18. The molecule has 0 spiro atoms. The molecule has 3 rings (SSSR count). The summed E-state index contributed by atoms with van der Waals surface area (Å²) in [6, 6.07) is 3.34. The molecule has 7 nitrogen and oxygen atoms in total. The van der Waals surface area contributed by atoms with Crippen molar-refractivity contribution < 1.29 is 19.4 Å². The molecule has 0 atom stereocenters. The molecule has 1 aromatic heterocycles. The number of hydrogen-bond acceptors (Lipinski definition) is 6. The third-order valence-corrected chi connectivity index (χ3v) is 4.39. The number of phenols is 1. The SMILES string of the molecule is CC1(C)Cc2ccc(C(=O)Nc3nc(CC(N)=O)cs3)c(O)c2O1.